The monoisotopic (exact) mass is 497 g/mol. The Balaban J connectivity index is 1.76. The molecule has 33 heavy (non-hydrogen) atoms. The molecule has 0 fully saturated rings. The van der Waals surface area contributed by atoms with Crippen molar-refractivity contribution >= 4 is 58.7 Å². The van der Waals surface area contributed by atoms with Crippen LogP contribution in [0.1, 0.15) is 17.9 Å². The van der Waals surface area contributed by atoms with Crippen molar-refractivity contribution in [3.63, 3.8) is 0 Å². The number of furan rings is 1. The number of methoxy groups -OCH3 is 1. The lowest BCUT2D eigenvalue weighted by Gasteiger charge is -2.06. The highest BCUT2D eigenvalue weighted by Crippen LogP contribution is 2.22. The fourth-order valence-corrected chi connectivity index (χ4v) is 2.85. The summed E-state index contributed by atoms with van der Waals surface area (Å²) >= 11 is 11.7. The molecule has 2 aromatic rings. The summed E-state index contributed by atoms with van der Waals surface area (Å²) in [6.07, 6.45) is 1.75. The Morgan fingerprint density at radius 2 is 1.70 bits per heavy atom. The summed E-state index contributed by atoms with van der Waals surface area (Å²) in [6.45, 7) is 0.678. The number of hydrogen-bond donors (Lipinski definition) is 4. The quantitative estimate of drug-likeness (QED) is 0.178. The summed E-state index contributed by atoms with van der Waals surface area (Å²) in [4.78, 5) is 47.1. The standard InChI is InChI=1S/C20H21Cl2N5O6/c1-32-6-2-5-23-18(29)20(31)27-25-11-16-4-3-15(33-16)10-24-17(28)19(30)26-14-8-12(21)7-13(22)9-14/h3-4,7-9,11H,2,5-6,10H2,1H3,(H,23,29)(H,24,28)(H,26,30)(H,27,31)/b25-11+. The number of halogens is 2. The predicted molar refractivity (Wildman–Crippen MR) is 121 cm³/mol. The molecule has 0 aliphatic heterocycles. The van der Waals surface area contributed by atoms with Crippen LogP contribution in [0.2, 0.25) is 10.0 Å². The second kappa shape index (κ2) is 13.2. The number of ether oxygens (including phenoxy) is 1. The maximum Gasteiger partial charge on any atom is 0.329 e. The fourth-order valence-electron chi connectivity index (χ4n) is 2.32. The largest absolute Gasteiger partial charge is 0.458 e. The molecule has 0 saturated carbocycles. The van der Waals surface area contributed by atoms with Crippen LogP contribution < -0.4 is 21.4 Å². The molecule has 0 bridgehead atoms. The van der Waals surface area contributed by atoms with Crippen molar-refractivity contribution in [2.75, 3.05) is 25.6 Å². The molecule has 0 aliphatic rings. The molecule has 1 aromatic heterocycles. The lowest BCUT2D eigenvalue weighted by atomic mass is 10.3. The van der Waals surface area contributed by atoms with Gasteiger partial charge < -0.3 is 25.1 Å². The normalized spacial score (nSPS) is 10.6. The molecule has 0 unspecified atom stereocenters. The lowest BCUT2D eigenvalue weighted by molar-refractivity contribution is -0.139. The van der Waals surface area contributed by atoms with Gasteiger partial charge in [-0.2, -0.15) is 5.10 Å². The molecule has 4 N–H and O–H groups in total. The van der Waals surface area contributed by atoms with Gasteiger partial charge in [-0.25, -0.2) is 5.43 Å². The molecule has 1 heterocycles. The molecular weight excluding hydrogens is 477 g/mol. The topological polar surface area (TPSA) is 151 Å². The minimum absolute atomic E-state index is 0.0768. The molecule has 0 spiro atoms. The molecule has 4 amide bonds. The first-order valence-electron chi connectivity index (χ1n) is 9.52. The SMILES string of the molecule is COCCCNC(=O)C(=O)N/N=C/c1ccc(CNC(=O)C(=O)Nc2cc(Cl)cc(Cl)c2)o1. The van der Waals surface area contributed by atoms with E-state index in [9.17, 15) is 19.2 Å². The highest BCUT2D eigenvalue weighted by atomic mass is 35.5. The lowest BCUT2D eigenvalue weighted by Crippen LogP contribution is -2.38. The Morgan fingerprint density at radius 1 is 1.00 bits per heavy atom. The molecule has 0 saturated heterocycles. The van der Waals surface area contributed by atoms with Crippen molar-refractivity contribution in [1.82, 2.24) is 16.1 Å². The zero-order chi connectivity index (χ0) is 24.2. The summed E-state index contributed by atoms with van der Waals surface area (Å²) in [5.74, 6) is -3.01. The third-order valence-electron chi connectivity index (χ3n) is 3.81. The summed E-state index contributed by atoms with van der Waals surface area (Å²) in [7, 11) is 1.54. The Bertz CT molecular complexity index is 1020. The van der Waals surface area contributed by atoms with E-state index in [1.807, 2.05) is 0 Å². The van der Waals surface area contributed by atoms with Crippen LogP contribution in [0.5, 0.6) is 0 Å². The Morgan fingerprint density at radius 3 is 2.39 bits per heavy atom. The first kappa shape index (κ1) is 25.8. The maximum absolute atomic E-state index is 12.0. The first-order chi connectivity index (χ1) is 15.8. The van der Waals surface area contributed by atoms with E-state index in [1.165, 1.54) is 37.6 Å². The Hall–Kier alpha value is -3.41. The minimum Gasteiger partial charge on any atom is -0.458 e. The number of amides is 4. The number of nitrogens with zero attached hydrogens (tertiary/aromatic N) is 1. The summed E-state index contributed by atoms with van der Waals surface area (Å²) in [5.41, 5.74) is 2.34. The molecule has 0 aliphatic carbocycles. The number of hydrogen-bond acceptors (Lipinski definition) is 7. The van der Waals surface area contributed by atoms with Crippen LogP contribution in [-0.2, 0) is 30.5 Å². The smallest absolute Gasteiger partial charge is 0.329 e. The second-order valence-electron chi connectivity index (χ2n) is 6.40. The van der Waals surface area contributed by atoms with Gasteiger partial charge in [0.25, 0.3) is 0 Å². The first-order valence-corrected chi connectivity index (χ1v) is 10.3. The molecule has 13 heteroatoms. The average molecular weight is 498 g/mol. The number of carbonyl (C=O) groups excluding carboxylic acids is 4. The molecule has 176 valence electrons. The third-order valence-corrected chi connectivity index (χ3v) is 4.24. The van der Waals surface area contributed by atoms with Gasteiger partial charge in [-0.05, 0) is 36.8 Å². The van der Waals surface area contributed by atoms with E-state index < -0.39 is 23.6 Å². The van der Waals surface area contributed by atoms with E-state index in [2.05, 4.69) is 26.5 Å². The van der Waals surface area contributed by atoms with Crippen LogP contribution in [0.15, 0.2) is 39.9 Å². The molecule has 0 radical (unpaired) electrons. The van der Waals surface area contributed by atoms with E-state index in [4.69, 9.17) is 32.4 Å². The van der Waals surface area contributed by atoms with Gasteiger partial charge in [-0.15, -0.1) is 0 Å². The minimum atomic E-state index is -0.935. The average Bonchev–Trinajstić information content (AvgIpc) is 3.21. The fraction of sp³-hybridized carbons (Fsp3) is 0.250. The third kappa shape index (κ3) is 9.31. The zero-order valence-corrected chi connectivity index (χ0v) is 19.0. The molecule has 0 atom stereocenters. The van der Waals surface area contributed by atoms with E-state index in [-0.39, 0.29) is 18.0 Å². The van der Waals surface area contributed by atoms with Crippen molar-refractivity contribution in [3.8, 4) is 0 Å². The van der Waals surface area contributed by atoms with E-state index in [0.29, 0.717) is 35.4 Å². The van der Waals surface area contributed by atoms with E-state index in [0.717, 1.165) is 0 Å². The van der Waals surface area contributed by atoms with Crippen molar-refractivity contribution in [1.29, 1.82) is 0 Å². The molecule has 11 nitrogen and oxygen atoms in total. The van der Waals surface area contributed by atoms with Gasteiger partial charge >= 0.3 is 23.6 Å². The number of hydrazone groups is 1. The van der Waals surface area contributed by atoms with Crippen LogP contribution in [0.4, 0.5) is 5.69 Å². The van der Waals surface area contributed by atoms with Gasteiger partial charge in [0.15, 0.2) is 0 Å². The van der Waals surface area contributed by atoms with E-state index in [1.54, 1.807) is 6.07 Å². The van der Waals surface area contributed by atoms with E-state index >= 15 is 0 Å². The number of rotatable bonds is 9. The molecule has 2 rings (SSSR count). The number of benzene rings is 1. The highest BCUT2D eigenvalue weighted by Gasteiger charge is 2.15. The Kier molecular flexibility index (Phi) is 10.3. The summed E-state index contributed by atoms with van der Waals surface area (Å²) < 4.78 is 10.2. The number of anilines is 1. The van der Waals surface area contributed by atoms with Crippen molar-refractivity contribution in [2.24, 2.45) is 5.10 Å². The van der Waals surface area contributed by atoms with Crippen LogP contribution in [0, 0.1) is 0 Å². The van der Waals surface area contributed by atoms with Crippen LogP contribution >= 0.6 is 23.2 Å². The van der Waals surface area contributed by atoms with Crippen LogP contribution in [0.25, 0.3) is 0 Å². The predicted octanol–water partition coefficient (Wildman–Crippen LogP) is 1.44. The highest BCUT2D eigenvalue weighted by molar-refractivity contribution is 6.40. The maximum atomic E-state index is 12.0. The number of carbonyl (C=O) groups is 4. The Labute approximate surface area is 198 Å². The zero-order valence-electron chi connectivity index (χ0n) is 17.4. The second-order valence-corrected chi connectivity index (χ2v) is 7.27. The molecular formula is C20H21Cl2N5O6. The molecule has 1 aromatic carbocycles. The van der Waals surface area contributed by atoms with Gasteiger partial charge in [-0.3, -0.25) is 19.2 Å². The summed E-state index contributed by atoms with van der Waals surface area (Å²) in [5, 5.41) is 11.4. The van der Waals surface area contributed by atoms with Gasteiger partial charge in [0, 0.05) is 36.0 Å². The van der Waals surface area contributed by atoms with Crippen molar-refractivity contribution in [2.45, 2.75) is 13.0 Å². The van der Waals surface area contributed by atoms with Crippen molar-refractivity contribution in [3.05, 3.63) is 51.9 Å². The van der Waals surface area contributed by atoms with Gasteiger partial charge in [-0.1, -0.05) is 23.2 Å². The van der Waals surface area contributed by atoms with Crippen LogP contribution in [-0.4, -0.2) is 50.1 Å². The van der Waals surface area contributed by atoms with Gasteiger partial charge in [0.1, 0.15) is 11.5 Å². The van der Waals surface area contributed by atoms with Gasteiger partial charge in [0.2, 0.25) is 0 Å². The van der Waals surface area contributed by atoms with Gasteiger partial charge in [0.05, 0.1) is 12.8 Å². The van der Waals surface area contributed by atoms with Crippen molar-refractivity contribution < 1.29 is 28.3 Å². The summed E-state index contributed by atoms with van der Waals surface area (Å²) in [6, 6.07) is 7.44. The van der Waals surface area contributed by atoms with Crippen LogP contribution in [0.3, 0.4) is 0 Å². The number of nitrogens with one attached hydrogen (secondary N) is 4.